The molecule has 0 saturated heterocycles. The van der Waals surface area contributed by atoms with Crippen molar-refractivity contribution >= 4 is 11.2 Å². The van der Waals surface area contributed by atoms with Gasteiger partial charge < -0.3 is 0 Å². The van der Waals surface area contributed by atoms with Crippen LogP contribution in [0.1, 0.15) is 71.3 Å². The van der Waals surface area contributed by atoms with Gasteiger partial charge in [0.2, 0.25) is 0 Å². The molecule has 192 valence electrons. The maximum Gasteiger partial charge on any atom is 0.435 e. The Morgan fingerprint density at radius 2 is 1.70 bits per heavy atom. The summed E-state index contributed by atoms with van der Waals surface area (Å²) < 4.78 is 56.5. The lowest BCUT2D eigenvalue weighted by molar-refractivity contribution is -0.142. The van der Waals surface area contributed by atoms with Crippen LogP contribution in [-0.2, 0) is 12.7 Å². The van der Waals surface area contributed by atoms with Crippen LogP contribution in [0.3, 0.4) is 0 Å². The van der Waals surface area contributed by atoms with Gasteiger partial charge >= 0.3 is 6.18 Å². The van der Waals surface area contributed by atoms with Crippen molar-refractivity contribution in [1.29, 1.82) is 0 Å². The third-order valence-electron chi connectivity index (χ3n) is 7.14. The number of hydrogen-bond acceptors (Lipinski definition) is 5. The number of alkyl halides is 3. The van der Waals surface area contributed by atoms with E-state index in [2.05, 4.69) is 19.9 Å². The first-order valence-electron chi connectivity index (χ1n) is 12.1. The topological polar surface area (TPSA) is 73.6 Å². The number of aromatic nitrogens is 5. The van der Waals surface area contributed by atoms with Crippen molar-refractivity contribution in [1.82, 2.24) is 24.5 Å². The van der Waals surface area contributed by atoms with Crippen LogP contribution in [0.15, 0.2) is 47.7 Å². The van der Waals surface area contributed by atoms with Crippen molar-refractivity contribution in [2.24, 2.45) is 0 Å². The normalized spacial score (nSPS) is 18.3. The number of fused-ring (bicyclic) bond motifs is 1. The lowest BCUT2D eigenvalue weighted by atomic mass is 9.75. The molecule has 0 radical (unpaired) electrons. The third-order valence-corrected chi connectivity index (χ3v) is 7.14. The van der Waals surface area contributed by atoms with Crippen LogP contribution in [0.5, 0.6) is 0 Å². The van der Waals surface area contributed by atoms with Crippen LogP contribution >= 0.6 is 0 Å². The maximum absolute atomic E-state index is 14.5. The molecule has 6 nitrogen and oxygen atoms in total. The standard InChI is InChI=1S/C27H25F4N5O/c1-15-4-3-5-20(28)23(15)18-8-6-17(7-9-18)19-12-21-25(35-16(2)13-34-21)36(26(19)37)14-22-24(27(29,30)31)33-11-10-32-22/h3-5,10-13,17-18H,6-9,14H2,1-2H3/t17-,18-. The average molecular weight is 512 g/mol. The molecule has 37 heavy (non-hydrogen) atoms. The van der Waals surface area contributed by atoms with Gasteiger partial charge in [-0.2, -0.15) is 13.2 Å². The van der Waals surface area contributed by atoms with Gasteiger partial charge in [0.05, 0.1) is 17.9 Å². The van der Waals surface area contributed by atoms with Crippen molar-refractivity contribution in [3.8, 4) is 0 Å². The minimum absolute atomic E-state index is 0.0523. The van der Waals surface area contributed by atoms with E-state index in [1.54, 1.807) is 25.3 Å². The predicted octanol–water partition coefficient (Wildman–Crippen LogP) is 5.85. The van der Waals surface area contributed by atoms with Gasteiger partial charge in [0, 0.05) is 24.2 Å². The van der Waals surface area contributed by atoms with Crippen molar-refractivity contribution < 1.29 is 17.6 Å². The van der Waals surface area contributed by atoms with Gasteiger partial charge in [-0.1, -0.05) is 12.1 Å². The molecule has 0 bridgehead atoms. The predicted molar refractivity (Wildman–Crippen MR) is 130 cm³/mol. The number of halogens is 4. The highest BCUT2D eigenvalue weighted by Crippen LogP contribution is 2.41. The van der Waals surface area contributed by atoms with Gasteiger partial charge in [0.25, 0.3) is 5.56 Å². The Hall–Kier alpha value is -3.69. The van der Waals surface area contributed by atoms with Crippen LogP contribution in [0.4, 0.5) is 17.6 Å². The summed E-state index contributed by atoms with van der Waals surface area (Å²) in [4.78, 5) is 29.9. The third kappa shape index (κ3) is 4.84. The van der Waals surface area contributed by atoms with E-state index in [0.29, 0.717) is 42.5 Å². The number of pyridine rings is 1. The highest BCUT2D eigenvalue weighted by molar-refractivity contribution is 5.71. The molecule has 0 N–H and O–H groups in total. The van der Waals surface area contributed by atoms with Gasteiger partial charge in [0.1, 0.15) is 11.3 Å². The van der Waals surface area contributed by atoms with Crippen LogP contribution in [0.25, 0.3) is 11.2 Å². The maximum atomic E-state index is 14.5. The molecule has 1 aromatic carbocycles. The van der Waals surface area contributed by atoms with Crippen LogP contribution in [0.2, 0.25) is 0 Å². The second-order valence-corrected chi connectivity index (χ2v) is 9.58. The zero-order valence-corrected chi connectivity index (χ0v) is 20.4. The SMILES string of the molecule is Cc1cnc2cc([C@H]3CC[C@H](c4c(C)cccc4F)CC3)c(=O)n(Cc3nccnc3C(F)(F)F)c2n1. The quantitative estimate of drug-likeness (QED) is 0.322. The molecule has 0 amide bonds. The van der Waals surface area contributed by atoms with E-state index < -0.39 is 24.0 Å². The molecule has 0 unspecified atom stereocenters. The lowest BCUT2D eigenvalue weighted by Crippen LogP contribution is -2.30. The Morgan fingerprint density at radius 3 is 2.41 bits per heavy atom. The van der Waals surface area contributed by atoms with E-state index in [1.807, 2.05) is 13.0 Å². The zero-order valence-electron chi connectivity index (χ0n) is 20.4. The van der Waals surface area contributed by atoms with Crippen LogP contribution < -0.4 is 5.56 Å². The molecular weight excluding hydrogens is 486 g/mol. The molecule has 1 aliphatic rings. The molecular formula is C27H25F4N5O. The first-order chi connectivity index (χ1) is 17.6. The smallest absolute Gasteiger partial charge is 0.285 e. The first-order valence-corrected chi connectivity index (χ1v) is 12.1. The average Bonchev–Trinajstić information content (AvgIpc) is 2.86. The summed E-state index contributed by atoms with van der Waals surface area (Å²) >= 11 is 0. The Bertz CT molecular complexity index is 1500. The lowest BCUT2D eigenvalue weighted by Gasteiger charge is -2.30. The molecule has 3 heterocycles. The summed E-state index contributed by atoms with van der Waals surface area (Å²) in [6, 6.07) is 6.76. The summed E-state index contributed by atoms with van der Waals surface area (Å²) in [5, 5.41) is 0. The summed E-state index contributed by atoms with van der Waals surface area (Å²) in [6.45, 7) is 3.16. The zero-order chi connectivity index (χ0) is 26.3. The van der Waals surface area contributed by atoms with Crippen LogP contribution in [0, 0.1) is 19.7 Å². The fraction of sp³-hybridized carbons (Fsp3) is 0.370. The summed E-state index contributed by atoms with van der Waals surface area (Å²) in [5.41, 5.74) is 1.34. The van der Waals surface area contributed by atoms with Crippen LogP contribution in [-0.4, -0.2) is 24.5 Å². The molecule has 1 aliphatic carbocycles. The minimum Gasteiger partial charge on any atom is -0.285 e. The number of rotatable bonds is 4. The molecule has 1 fully saturated rings. The Labute approximate surface area is 210 Å². The van der Waals surface area contributed by atoms with E-state index >= 15 is 0 Å². The monoisotopic (exact) mass is 511 g/mol. The van der Waals surface area contributed by atoms with Crippen molar-refractivity contribution in [3.05, 3.63) is 92.8 Å². The van der Waals surface area contributed by atoms with Gasteiger partial charge in [-0.25, -0.2) is 14.4 Å². The first kappa shape index (κ1) is 25.0. The van der Waals surface area contributed by atoms with Gasteiger partial charge in [-0.3, -0.25) is 19.3 Å². The van der Waals surface area contributed by atoms with Gasteiger partial charge in [0.15, 0.2) is 11.3 Å². The Balaban J connectivity index is 1.53. The summed E-state index contributed by atoms with van der Waals surface area (Å²) in [6.07, 6.45) is 1.69. The molecule has 1 saturated carbocycles. The second-order valence-electron chi connectivity index (χ2n) is 9.58. The highest BCUT2D eigenvalue weighted by atomic mass is 19.4. The van der Waals surface area contributed by atoms with Gasteiger partial charge in [-0.05, 0) is 74.6 Å². The largest absolute Gasteiger partial charge is 0.435 e. The van der Waals surface area contributed by atoms with E-state index in [-0.39, 0.29) is 29.0 Å². The van der Waals surface area contributed by atoms with Gasteiger partial charge in [-0.15, -0.1) is 0 Å². The second kappa shape index (κ2) is 9.64. The Kier molecular flexibility index (Phi) is 6.51. The molecule has 3 aromatic heterocycles. The van der Waals surface area contributed by atoms with E-state index in [9.17, 15) is 22.4 Å². The number of hydrogen-bond donors (Lipinski definition) is 0. The highest BCUT2D eigenvalue weighted by Gasteiger charge is 2.36. The fourth-order valence-electron chi connectivity index (χ4n) is 5.40. The molecule has 5 rings (SSSR count). The summed E-state index contributed by atoms with van der Waals surface area (Å²) in [5.74, 6) is -0.290. The number of aryl methyl sites for hydroxylation is 2. The minimum atomic E-state index is -4.72. The van der Waals surface area contributed by atoms with E-state index in [4.69, 9.17) is 0 Å². The summed E-state index contributed by atoms with van der Waals surface area (Å²) in [7, 11) is 0. The number of nitrogens with zero attached hydrogens (tertiary/aromatic N) is 5. The number of benzene rings is 1. The molecule has 4 aromatic rings. The van der Waals surface area contributed by atoms with E-state index in [1.165, 1.54) is 16.8 Å². The molecule has 0 atom stereocenters. The van der Waals surface area contributed by atoms with Crippen molar-refractivity contribution in [2.45, 2.75) is 64.1 Å². The van der Waals surface area contributed by atoms with Crippen molar-refractivity contribution in [3.63, 3.8) is 0 Å². The van der Waals surface area contributed by atoms with Crippen molar-refractivity contribution in [2.75, 3.05) is 0 Å². The molecule has 10 heteroatoms. The Morgan fingerprint density at radius 1 is 1.00 bits per heavy atom. The van der Waals surface area contributed by atoms with E-state index in [0.717, 1.165) is 17.3 Å². The molecule has 0 aliphatic heterocycles. The fourth-order valence-corrected chi connectivity index (χ4v) is 5.40. The molecule has 0 spiro atoms.